The molecule has 0 fully saturated rings. The van der Waals surface area contributed by atoms with Gasteiger partial charge in [-0.1, -0.05) is 0 Å². The number of carbonyl (C=O) groups excluding carboxylic acids is 1. The first kappa shape index (κ1) is 11.4. The zero-order chi connectivity index (χ0) is 11.7. The zero-order valence-corrected chi connectivity index (χ0v) is 11.0. The molecule has 0 aliphatic carbocycles. The Labute approximate surface area is 107 Å². The predicted molar refractivity (Wildman–Crippen MR) is 67.5 cm³/mol. The minimum atomic E-state index is -0.0742. The summed E-state index contributed by atoms with van der Waals surface area (Å²) in [6, 6.07) is -0.0742. The Morgan fingerprint density at radius 3 is 3.00 bits per heavy atom. The van der Waals surface area contributed by atoms with Crippen LogP contribution in [-0.2, 0) is 13.1 Å². The number of nitrogens with one attached hydrogen (secondary N) is 1. The summed E-state index contributed by atoms with van der Waals surface area (Å²) in [5.41, 5.74) is 7.42. The highest BCUT2D eigenvalue weighted by Gasteiger charge is 2.26. The highest BCUT2D eigenvalue weighted by molar-refractivity contribution is 14.1. The smallest absolute Gasteiger partial charge is 0.318 e. The third-order valence-electron chi connectivity index (χ3n) is 2.36. The highest BCUT2D eigenvalue weighted by Crippen LogP contribution is 2.25. The first-order chi connectivity index (χ1) is 7.61. The monoisotopic (exact) mass is 333 g/mol. The topological polar surface area (TPSA) is 84.1 Å². The van der Waals surface area contributed by atoms with Gasteiger partial charge >= 0.3 is 6.03 Å². The van der Waals surface area contributed by atoms with Gasteiger partial charge in [0.25, 0.3) is 0 Å². The lowest BCUT2D eigenvalue weighted by atomic mass is 10.3. The Morgan fingerprint density at radius 2 is 2.31 bits per heavy atom. The Morgan fingerprint density at radius 1 is 1.56 bits per heavy atom. The fourth-order valence-electron chi connectivity index (χ4n) is 1.64. The standard InChI is InChI=1S/C9H12IN5O/c1-2-12-9(16)15-3-5-6(4-15)13-8(11)14-7(5)10/h2-4H2,1H3,(H,12,16)(H2,11,13,14). The van der Waals surface area contributed by atoms with E-state index in [-0.39, 0.29) is 12.0 Å². The number of urea groups is 1. The van der Waals surface area contributed by atoms with Crippen LogP contribution in [0.4, 0.5) is 10.7 Å². The summed E-state index contributed by atoms with van der Waals surface area (Å²) < 4.78 is 0.826. The molecule has 0 radical (unpaired) electrons. The Kier molecular flexibility index (Phi) is 3.13. The molecule has 86 valence electrons. The van der Waals surface area contributed by atoms with E-state index in [4.69, 9.17) is 5.73 Å². The van der Waals surface area contributed by atoms with Crippen LogP contribution in [0, 0.1) is 3.70 Å². The van der Waals surface area contributed by atoms with Crippen LogP contribution in [0.5, 0.6) is 0 Å². The van der Waals surface area contributed by atoms with Crippen LogP contribution >= 0.6 is 22.6 Å². The molecule has 1 aliphatic heterocycles. The molecule has 2 rings (SSSR count). The summed E-state index contributed by atoms with van der Waals surface area (Å²) >= 11 is 2.12. The van der Waals surface area contributed by atoms with Crippen LogP contribution in [0.25, 0.3) is 0 Å². The molecular weight excluding hydrogens is 321 g/mol. The van der Waals surface area contributed by atoms with Gasteiger partial charge in [-0.15, -0.1) is 0 Å². The van der Waals surface area contributed by atoms with Crippen LogP contribution < -0.4 is 11.1 Å². The van der Waals surface area contributed by atoms with E-state index in [1.165, 1.54) is 0 Å². The van der Waals surface area contributed by atoms with Crippen molar-refractivity contribution in [1.82, 2.24) is 20.2 Å². The second-order valence-corrected chi connectivity index (χ2v) is 4.51. The maximum Gasteiger partial charge on any atom is 0.318 e. The average Bonchev–Trinajstić information content (AvgIpc) is 2.62. The third kappa shape index (κ3) is 2.04. The number of nitrogen functional groups attached to an aromatic ring is 1. The van der Waals surface area contributed by atoms with Crippen LogP contribution in [0.3, 0.4) is 0 Å². The predicted octanol–water partition coefficient (Wildman–Crippen LogP) is 0.709. The lowest BCUT2D eigenvalue weighted by molar-refractivity contribution is 0.199. The number of halogens is 1. The average molecular weight is 333 g/mol. The van der Waals surface area contributed by atoms with Gasteiger partial charge in [0.15, 0.2) is 0 Å². The molecule has 2 heterocycles. The maximum absolute atomic E-state index is 11.6. The number of aromatic nitrogens is 2. The van der Waals surface area contributed by atoms with E-state index in [1.54, 1.807) is 4.90 Å². The van der Waals surface area contributed by atoms with Crippen LogP contribution in [-0.4, -0.2) is 27.4 Å². The third-order valence-corrected chi connectivity index (χ3v) is 3.26. The van der Waals surface area contributed by atoms with Crippen molar-refractivity contribution in [3.8, 4) is 0 Å². The minimum absolute atomic E-state index is 0.0742. The number of rotatable bonds is 1. The van der Waals surface area contributed by atoms with Crippen LogP contribution in [0.15, 0.2) is 0 Å². The van der Waals surface area contributed by atoms with Gasteiger partial charge in [-0.25, -0.2) is 14.8 Å². The summed E-state index contributed by atoms with van der Waals surface area (Å²) in [4.78, 5) is 21.6. The molecule has 7 heteroatoms. The summed E-state index contributed by atoms with van der Waals surface area (Å²) in [5.74, 6) is 0.265. The largest absolute Gasteiger partial charge is 0.368 e. The molecule has 1 aromatic rings. The summed E-state index contributed by atoms with van der Waals surface area (Å²) in [5, 5.41) is 2.76. The van der Waals surface area contributed by atoms with Gasteiger partial charge in [0.1, 0.15) is 3.70 Å². The van der Waals surface area contributed by atoms with Gasteiger partial charge in [0.2, 0.25) is 5.95 Å². The minimum Gasteiger partial charge on any atom is -0.368 e. The molecule has 0 unspecified atom stereocenters. The molecule has 1 aliphatic rings. The van der Waals surface area contributed by atoms with E-state index in [0.29, 0.717) is 19.6 Å². The second kappa shape index (κ2) is 4.40. The van der Waals surface area contributed by atoms with Crippen LogP contribution in [0.2, 0.25) is 0 Å². The molecule has 0 spiro atoms. The van der Waals surface area contributed by atoms with Crippen LogP contribution in [0.1, 0.15) is 18.2 Å². The second-order valence-electron chi connectivity index (χ2n) is 3.49. The van der Waals surface area contributed by atoms with Gasteiger partial charge in [0, 0.05) is 12.1 Å². The Hall–Kier alpha value is -1.12. The first-order valence-electron chi connectivity index (χ1n) is 4.95. The number of hydrogen-bond donors (Lipinski definition) is 2. The lowest BCUT2D eigenvalue weighted by Gasteiger charge is -2.14. The number of anilines is 1. The van der Waals surface area contributed by atoms with Crippen molar-refractivity contribution >= 4 is 34.6 Å². The van der Waals surface area contributed by atoms with E-state index in [1.807, 2.05) is 6.92 Å². The molecule has 1 aromatic heterocycles. The molecule has 0 bridgehead atoms. The van der Waals surface area contributed by atoms with E-state index in [2.05, 4.69) is 37.9 Å². The molecule has 6 nitrogen and oxygen atoms in total. The quantitative estimate of drug-likeness (QED) is 0.586. The molecule has 0 saturated carbocycles. The van der Waals surface area contributed by atoms with E-state index in [9.17, 15) is 4.79 Å². The number of hydrogen-bond acceptors (Lipinski definition) is 4. The van der Waals surface area contributed by atoms with Crippen molar-refractivity contribution in [2.75, 3.05) is 12.3 Å². The van der Waals surface area contributed by atoms with E-state index in [0.717, 1.165) is 15.0 Å². The van der Waals surface area contributed by atoms with E-state index >= 15 is 0 Å². The normalized spacial score (nSPS) is 13.8. The summed E-state index contributed by atoms with van der Waals surface area (Å²) in [6.07, 6.45) is 0. The van der Waals surface area contributed by atoms with Crippen molar-refractivity contribution in [2.24, 2.45) is 0 Å². The molecule has 16 heavy (non-hydrogen) atoms. The highest BCUT2D eigenvalue weighted by atomic mass is 127. The van der Waals surface area contributed by atoms with Crippen molar-refractivity contribution in [2.45, 2.75) is 20.0 Å². The SMILES string of the molecule is CCNC(=O)N1Cc2nc(N)nc(I)c2C1. The Balaban J connectivity index is 2.21. The van der Waals surface area contributed by atoms with Gasteiger partial charge in [0.05, 0.1) is 18.8 Å². The number of nitrogens with zero attached hydrogens (tertiary/aromatic N) is 3. The lowest BCUT2D eigenvalue weighted by Crippen LogP contribution is -2.36. The molecule has 2 amide bonds. The van der Waals surface area contributed by atoms with Crippen molar-refractivity contribution in [1.29, 1.82) is 0 Å². The number of amides is 2. The zero-order valence-electron chi connectivity index (χ0n) is 8.83. The van der Waals surface area contributed by atoms with E-state index < -0.39 is 0 Å². The number of nitrogens with two attached hydrogens (primary N) is 1. The van der Waals surface area contributed by atoms with Gasteiger partial charge in [-0.2, -0.15) is 0 Å². The fraction of sp³-hybridized carbons (Fsp3) is 0.444. The molecular formula is C9H12IN5O. The molecule has 0 aromatic carbocycles. The van der Waals surface area contributed by atoms with Crippen molar-refractivity contribution in [3.05, 3.63) is 15.0 Å². The van der Waals surface area contributed by atoms with Crippen molar-refractivity contribution < 1.29 is 4.79 Å². The first-order valence-corrected chi connectivity index (χ1v) is 6.03. The van der Waals surface area contributed by atoms with Crippen molar-refractivity contribution in [3.63, 3.8) is 0 Å². The Bertz CT molecular complexity index is 436. The van der Waals surface area contributed by atoms with Gasteiger partial charge in [-0.3, -0.25) is 0 Å². The summed E-state index contributed by atoms with van der Waals surface area (Å²) in [6.45, 7) is 3.57. The fourth-order valence-corrected chi connectivity index (χ4v) is 2.37. The maximum atomic E-state index is 11.6. The molecule has 0 atom stereocenters. The van der Waals surface area contributed by atoms with Gasteiger partial charge < -0.3 is 16.0 Å². The molecule has 0 saturated heterocycles. The molecule has 3 N–H and O–H groups in total. The number of fused-ring (bicyclic) bond motifs is 1. The van der Waals surface area contributed by atoms with Gasteiger partial charge in [-0.05, 0) is 29.5 Å². The number of carbonyl (C=O) groups is 1. The summed E-state index contributed by atoms with van der Waals surface area (Å²) in [7, 11) is 0.